The predicted octanol–water partition coefficient (Wildman–Crippen LogP) is 3.30. The molecule has 0 aliphatic rings. The lowest BCUT2D eigenvalue weighted by Crippen LogP contribution is -2.19. The van der Waals surface area contributed by atoms with Crippen LogP contribution in [0.1, 0.15) is 19.7 Å². The van der Waals surface area contributed by atoms with E-state index < -0.39 is 10.0 Å². The van der Waals surface area contributed by atoms with Crippen molar-refractivity contribution in [3.8, 4) is 17.2 Å². The van der Waals surface area contributed by atoms with Gasteiger partial charge in [-0.3, -0.25) is 13.9 Å². The molecule has 0 fully saturated rings. The number of hydrogen-bond donors (Lipinski definition) is 1. The smallest absolute Gasteiger partial charge is 0.328 e. The number of fused-ring (bicyclic) bond motifs is 1. The summed E-state index contributed by atoms with van der Waals surface area (Å²) in [5.41, 5.74) is 1.07. The number of anilines is 1. The number of ether oxygens (including phenoxy) is 2. The number of nitrogens with zero attached hydrogens (tertiary/aromatic N) is 4. The summed E-state index contributed by atoms with van der Waals surface area (Å²) in [7, 11) is 0.965. The van der Waals surface area contributed by atoms with Crippen LogP contribution in [0, 0.1) is 6.92 Å². The minimum absolute atomic E-state index is 0.0188. The Labute approximate surface area is 197 Å². The lowest BCUT2D eigenvalue weighted by molar-refractivity contribution is 0.241. The topological polar surface area (TPSA) is 109 Å². The Balaban J connectivity index is 1.82. The standard InChI is InChI=1S/C23H27N5O5S/c1-14(2)32-16-8-7-9-17(10-16)33-21-12-20-19(27(5)23(29)28(20)6)11-18(21)25-34(30,31)22-13-26(4)15(3)24-22/h7-14,25H,1-6H3. The highest BCUT2D eigenvalue weighted by Crippen LogP contribution is 2.36. The van der Waals surface area contributed by atoms with Gasteiger partial charge in [0.2, 0.25) is 0 Å². The van der Waals surface area contributed by atoms with Gasteiger partial charge in [0.15, 0.2) is 10.8 Å². The van der Waals surface area contributed by atoms with Gasteiger partial charge in [0.25, 0.3) is 10.0 Å². The summed E-state index contributed by atoms with van der Waals surface area (Å²) in [6.45, 7) is 5.55. The van der Waals surface area contributed by atoms with Crippen molar-refractivity contribution in [3.05, 3.63) is 58.9 Å². The molecule has 0 amide bonds. The molecular weight excluding hydrogens is 458 g/mol. The van der Waals surface area contributed by atoms with Crippen molar-refractivity contribution in [2.75, 3.05) is 4.72 Å². The summed E-state index contributed by atoms with van der Waals surface area (Å²) in [4.78, 5) is 16.6. The number of imidazole rings is 2. The van der Waals surface area contributed by atoms with Gasteiger partial charge in [0, 0.05) is 39.5 Å². The maximum absolute atomic E-state index is 13.1. The summed E-state index contributed by atoms with van der Waals surface area (Å²) in [5, 5.41) is -0.118. The van der Waals surface area contributed by atoms with Crippen LogP contribution in [0.4, 0.5) is 5.69 Å². The first-order chi connectivity index (χ1) is 16.0. The van der Waals surface area contributed by atoms with E-state index in [0.717, 1.165) is 0 Å². The van der Waals surface area contributed by atoms with Crippen LogP contribution in [0.5, 0.6) is 17.2 Å². The second-order valence-electron chi connectivity index (χ2n) is 8.32. The van der Waals surface area contributed by atoms with Gasteiger partial charge >= 0.3 is 5.69 Å². The van der Waals surface area contributed by atoms with Gasteiger partial charge in [-0.05, 0) is 39.0 Å². The van der Waals surface area contributed by atoms with Crippen LogP contribution < -0.4 is 19.9 Å². The van der Waals surface area contributed by atoms with Crippen molar-refractivity contribution in [2.24, 2.45) is 21.1 Å². The fraction of sp³-hybridized carbons (Fsp3) is 0.304. The van der Waals surface area contributed by atoms with Crippen molar-refractivity contribution in [3.63, 3.8) is 0 Å². The molecule has 0 aliphatic carbocycles. The Bertz CT molecular complexity index is 1530. The van der Waals surface area contributed by atoms with Crippen LogP contribution in [0.3, 0.4) is 0 Å². The minimum Gasteiger partial charge on any atom is -0.491 e. The number of rotatable bonds is 7. The van der Waals surface area contributed by atoms with Crippen molar-refractivity contribution >= 4 is 26.7 Å². The Hall–Kier alpha value is -3.73. The van der Waals surface area contributed by atoms with Crippen LogP contribution >= 0.6 is 0 Å². The van der Waals surface area contributed by atoms with Crippen LogP contribution in [-0.2, 0) is 31.2 Å². The third-order valence-corrected chi connectivity index (χ3v) is 6.62. The summed E-state index contributed by atoms with van der Waals surface area (Å²) in [5.74, 6) is 1.85. The van der Waals surface area contributed by atoms with E-state index in [1.165, 1.54) is 15.3 Å². The normalized spacial score (nSPS) is 11.9. The average Bonchev–Trinajstić information content (AvgIpc) is 3.20. The molecule has 34 heavy (non-hydrogen) atoms. The fourth-order valence-electron chi connectivity index (χ4n) is 3.55. The monoisotopic (exact) mass is 485 g/mol. The van der Waals surface area contributed by atoms with E-state index in [-0.39, 0.29) is 28.3 Å². The predicted molar refractivity (Wildman–Crippen MR) is 129 cm³/mol. The van der Waals surface area contributed by atoms with E-state index in [1.807, 2.05) is 19.9 Å². The van der Waals surface area contributed by atoms with Gasteiger partial charge in [-0.1, -0.05) is 6.07 Å². The maximum atomic E-state index is 13.1. The van der Waals surface area contributed by atoms with Gasteiger partial charge in [-0.15, -0.1) is 0 Å². The quantitative estimate of drug-likeness (QED) is 0.430. The van der Waals surface area contributed by atoms with E-state index in [0.29, 0.717) is 28.4 Å². The largest absolute Gasteiger partial charge is 0.491 e. The highest BCUT2D eigenvalue weighted by molar-refractivity contribution is 7.92. The molecule has 4 rings (SSSR count). The molecule has 2 heterocycles. The molecule has 2 aromatic heterocycles. The molecule has 0 spiro atoms. The zero-order valence-corrected chi connectivity index (χ0v) is 20.7. The van der Waals surface area contributed by atoms with Crippen molar-refractivity contribution in [1.29, 1.82) is 0 Å². The minimum atomic E-state index is -4.02. The molecule has 0 unspecified atom stereocenters. The molecule has 0 saturated heterocycles. The Morgan fingerprint density at radius 3 is 2.26 bits per heavy atom. The van der Waals surface area contributed by atoms with E-state index in [2.05, 4.69) is 9.71 Å². The summed E-state index contributed by atoms with van der Waals surface area (Å²) in [6.07, 6.45) is 1.41. The molecule has 0 bridgehead atoms. The van der Waals surface area contributed by atoms with Crippen LogP contribution in [-0.4, -0.2) is 33.2 Å². The van der Waals surface area contributed by atoms with Crippen LogP contribution in [0.2, 0.25) is 0 Å². The lowest BCUT2D eigenvalue weighted by Gasteiger charge is -2.15. The summed E-state index contributed by atoms with van der Waals surface area (Å²) in [6, 6.07) is 10.3. The van der Waals surface area contributed by atoms with Crippen LogP contribution in [0.15, 0.2) is 52.4 Å². The first kappa shape index (κ1) is 23.4. The third kappa shape index (κ3) is 4.38. The second kappa shape index (κ2) is 8.56. The number of aryl methyl sites for hydroxylation is 4. The summed E-state index contributed by atoms with van der Waals surface area (Å²) < 4.78 is 45.2. The molecule has 4 aromatic rings. The average molecular weight is 486 g/mol. The van der Waals surface area contributed by atoms with Gasteiger partial charge in [-0.2, -0.15) is 8.42 Å². The number of hydrogen-bond acceptors (Lipinski definition) is 6. The van der Waals surface area contributed by atoms with E-state index >= 15 is 0 Å². The first-order valence-corrected chi connectivity index (χ1v) is 12.1. The van der Waals surface area contributed by atoms with Gasteiger partial charge in [0.1, 0.15) is 17.3 Å². The zero-order chi connectivity index (χ0) is 24.8. The molecule has 10 nitrogen and oxygen atoms in total. The van der Waals surface area contributed by atoms with Crippen molar-refractivity contribution in [1.82, 2.24) is 18.7 Å². The van der Waals surface area contributed by atoms with Gasteiger partial charge in [-0.25, -0.2) is 9.78 Å². The maximum Gasteiger partial charge on any atom is 0.328 e. The second-order valence-corrected chi connectivity index (χ2v) is 9.95. The van der Waals surface area contributed by atoms with E-state index in [4.69, 9.17) is 9.47 Å². The number of nitrogens with one attached hydrogen (secondary N) is 1. The first-order valence-electron chi connectivity index (χ1n) is 10.6. The van der Waals surface area contributed by atoms with Gasteiger partial charge < -0.3 is 14.0 Å². The van der Waals surface area contributed by atoms with Crippen LogP contribution in [0.25, 0.3) is 11.0 Å². The molecule has 1 N–H and O–H groups in total. The van der Waals surface area contributed by atoms with E-state index in [1.54, 1.807) is 63.0 Å². The molecular formula is C23H27N5O5S. The van der Waals surface area contributed by atoms with Gasteiger partial charge in [0.05, 0.1) is 22.8 Å². The highest BCUT2D eigenvalue weighted by Gasteiger charge is 2.23. The van der Waals surface area contributed by atoms with E-state index in [9.17, 15) is 13.2 Å². The number of aromatic nitrogens is 4. The zero-order valence-electron chi connectivity index (χ0n) is 19.9. The summed E-state index contributed by atoms with van der Waals surface area (Å²) >= 11 is 0. The third-order valence-electron chi connectivity index (χ3n) is 5.38. The SMILES string of the molecule is Cc1nc(S(=O)(=O)Nc2cc3c(cc2Oc2cccc(OC(C)C)c2)n(C)c(=O)n3C)cn1C. The molecule has 0 saturated carbocycles. The molecule has 180 valence electrons. The Morgan fingerprint density at radius 2 is 1.65 bits per heavy atom. The highest BCUT2D eigenvalue weighted by atomic mass is 32.2. The number of sulfonamides is 1. The number of benzene rings is 2. The molecule has 0 aliphatic heterocycles. The molecule has 2 aromatic carbocycles. The Morgan fingerprint density at radius 1 is 1.00 bits per heavy atom. The fourth-order valence-corrected chi connectivity index (χ4v) is 4.66. The molecule has 11 heteroatoms. The molecule has 0 atom stereocenters. The molecule has 0 radical (unpaired) electrons. The van der Waals surface area contributed by atoms with Crippen molar-refractivity contribution in [2.45, 2.75) is 31.9 Å². The van der Waals surface area contributed by atoms with Crippen molar-refractivity contribution < 1.29 is 17.9 Å². The lowest BCUT2D eigenvalue weighted by atomic mass is 10.2. The Kier molecular flexibility index (Phi) is 5.90.